The van der Waals surface area contributed by atoms with Crippen LogP contribution in [0.4, 0.5) is 16.5 Å². The smallest absolute Gasteiger partial charge is 0.260 e. The van der Waals surface area contributed by atoms with E-state index in [1.165, 1.54) is 6.20 Å². The van der Waals surface area contributed by atoms with E-state index in [0.29, 0.717) is 38.9 Å². The number of benzene rings is 1. The van der Waals surface area contributed by atoms with Gasteiger partial charge in [0.15, 0.2) is 0 Å². The van der Waals surface area contributed by atoms with Crippen molar-refractivity contribution in [3.8, 4) is 6.07 Å². The van der Waals surface area contributed by atoms with E-state index in [2.05, 4.69) is 26.1 Å². The van der Waals surface area contributed by atoms with Crippen LogP contribution in [0.1, 0.15) is 44.8 Å². The predicted octanol–water partition coefficient (Wildman–Crippen LogP) is 3.95. The first-order chi connectivity index (χ1) is 15.0. The fourth-order valence-electron chi connectivity index (χ4n) is 3.43. The lowest BCUT2D eigenvalue weighted by atomic mass is 10.1. The van der Waals surface area contributed by atoms with Gasteiger partial charge in [0.05, 0.1) is 22.9 Å². The van der Waals surface area contributed by atoms with Gasteiger partial charge in [-0.25, -0.2) is 4.98 Å². The van der Waals surface area contributed by atoms with Gasteiger partial charge in [-0.3, -0.25) is 9.59 Å². The van der Waals surface area contributed by atoms with E-state index in [-0.39, 0.29) is 11.8 Å². The summed E-state index contributed by atoms with van der Waals surface area (Å²) in [5.74, 6) is 0.0960. The molecule has 1 fully saturated rings. The van der Waals surface area contributed by atoms with Crippen molar-refractivity contribution in [1.82, 2.24) is 14.3 Å². The molecule has 1 aromatic carbocycles. The Morgan fingerprint density at radius 3 is 2.77 bits per heavy atom. The van der Waals surface area contributed by atoms with Gasteiger partial charge in [0.2, 0.25) is 0 Å². The third-order valence-electron chi connectivity index (χ3n) is 4.98. The summed E-state index contributed by atoms with van der Waals surface area (Å²) in [6, 6.07) is 12.2. The lowest BCUT2D eigenvalue weighted by Crippen LogP contribution is -2.27. The minimum atomic E-state index is -0.337. The molecule has 2 N–H and O–H groups in total. The first-order valence-electron chi connectivity index (χ1n) is 9.85. The van der Waals surface area contributed by atoms with E-state index in [1.807, 2.05) is 4.90 Å². The van der Waals surface area contributed by atoms with Crippen LogP contribution in [0.15, 0.2) is 42.6 Å². The number of nitriles is 1. The van der Waals surface area contributed by atoms with Crippen molar-refractivity contribution in [3.63, 3.8) is 0 Å². The van der Waals surface area contributed by atoms with Gasteiger partial charge in [-0.05, 0) is 61.6 Å². The molecule has 4 rings (SSSR count). The topological polar surface area (TPSA) is 111 Å². The van der Waals surface area contributed by atoms with E-state index in [0.717, 1.165) is 37.5 Å². The molecule has 0 spiro atoms. The Morgan fingerprint density at radius 2 is 2.00 bits per heavy atom. The van der Waals surface area contributed by atoms with Gasteiger partial charge in [0, 0.05) is 30.5 Å². The Bertz CT molecular complexity index is 1180. The Balaban J connectivity index is 1.53. The van der Waals surface area contributed by atoms with Crippen LogP contribution < -0.4 is 10.6 Å². The molecule has 8 nitrogen and oxygen atoms in total. The summed E-state index contributed by atoms with van der Waals surface area (Å²) in [4.78, 5) is 31.7. The molecule has 31 heavy (non-hydrogen) atoms. The van der Waals surface area contributed by atoms with Gasteiger partial charge in [-0.1, -0.05) is 6.07 Å². The molecule has 0 saturated carbocycles. The van der Waals surface area contributed by atoms with Crippen molar-refractivity contribution in [1.29, 1.82) is 5.26 Å². The number of aryl methyl sites for hydroxylation is 1. The average molecular weight is 433 g/mol. The highest BCUT2D eigenvalue weighted by Crippen LogP contribution is 2.28. The summed E-state index contributed by atoms with van der Waals surface area (Å²) in [6.07, 6.45) is 3.57. The molecule has 3 aromatic rings. The van der Waals surface area contributed by atoms with Gasteiger partial charge < -0.3 is 15.5 Å². The number of hydrogen-bond acceptors (Lipinski definition) is 7. The average Bonchev–Trinajstić information content (AvgIpc) is 3.44. The molecule has 1 saturated heterocycles. The van der Waals surface area contributed by atoms with Crippen molar-refractivity contribution < 1.29 is 9.59 Å². The number of pyridine rings is 1. The monoisotopic (exact) mass is 432 g/mol. The fraction of sp³-hybridized carbons (Fsp3) is 0.227. The zero-order chi connectivity index (χ0) is 21.8. The normalized spacial score (nSPS) is 13.0. The Labute approximate surface area is 183 Å². The van der Waals surface area contributed by atoms with E-state index < -0.39 is 0 Å². The third-order valence-corrected chi connectivity index (χ3v) is 5.84. The fourth-order valence-corrected chi connectivity index (χ4v) is 4.23. The minimum Gasteiger partial charge on any atom is -0.339 e. The summed E-state index contributed by atoms with van der Waals surface area (Å²) < 4.78 is 4.28. The molecule has 1 aliphatic heterocycles. The molecule has 0 bridgehead atoms. The summed E-state index contributed by atoms with van der Waals surface area (Å²) >= 11 is 1.14. The SMILES string of the molecule is Cc1nsc(Nc2cc(C#N)ccn2)c1C(=O)Nc1cccc(C(=O)N2CCCC2)c1. The molecule has 0 unspecified atom stereocenters. The molecule has 2 amide bonds. The van der Waals surface area contributed by atoms with Gasteiger partial charge in [0.1, 0.15) is 10.8 Å². The lowest BCUT2D eigenvalue weighted by molar-refractivity contribution is 0.0792. The Morgan fingerprint density at radius 1 is 1.19 bits per heavy atom. The van der Waals surface area contributed by atoms with E-state index in [1.54, 1.807) is 43.3 Å². The zero-order valence-electron chi connectivity index (χ0n) is 16.9. The number of anilines is 3. The second-order valence-corrected chi connectivity index (χ2v) is 7.95. The molecular formula is C22H20N6O2S. The summed E-state index contributed by atoms with van der Waals surface area (Å²) in [6.45, 7) is 3.29. The second kappa shape index (κ2) is 8.93. The van der Waals surface area contributed by atoms with Crippen LogP contribution >= 0.6 is 11.5 Å². The van der Waals surface area contributed by atoms with Crippen molar-refractivity contribution in [2.24, 2.45) is 0 Å². The first-order valence-corrected chi connectivity index (χ1v) is 10.6. The van der Waals surface area contributed by atoms with Crippen LogP contribution in [-0.2, 0) is 0 Å². The number of carbonyl (C=O) groups excluding carboxylic acids is 2. The van der Waals surface area contributed by atoms with E-state index in [4.69, 9.17) is 5.26 Å². The summed E-state index contributed by atoms with van der Waals surface area (Å²) in [5.41, 5.74) is 2.52. The number of rotatable bonds is 5. The van der Waals surface area contributed by atoms with Gasteiger partial charge in [-0.15, -0.1) is 0 Å². The highest BCUT2D eigenvalue weighted by Gasteiger charge is 2.22. The van der Waals surface area contributed by atoms with Crippen LogP contribution in [0.3, 0.4) is 0 Å². The maximum Gasteiger partial charge on any atom is 0.260 e. The van der Waals surface area contributed by atoms with Gasteiger partial charge in [-0.2, -0.15) is 9.64 Å². The quantitative estimate of drug-likeness (QED) is 0.631. The van der Waals surface area contributed by atoms with Crippen molar-refractivity contribution >= 4 is 39.9 Å². The molecule has 0 aliphatic carbocycles. The third kappa shape index (κ3) is 4.54. The molecule has 156 valence electrons. The van der Waals surface area contributed by atoms with Crippen LogP contribution in [0.25, 0.3) is 0 Å². The number of likely N-dealkylation sites (tertiary alicyclic amines) is 1. The van der Waals surface area contributed by atoms with Gasteiger partial charge in [0.25, 0.3) is 11.8 Å². The zero-order valence-corrected chi connectivity index (χ0v) is 17.7. The molecule has 0 radical (unpaired) electrons. The maximum atomic E-state index is 13.0. The number of aromatic nitrogens is 2. The number of amides is 2. The number of hydrogen-bond donors (Lipinski definition) is 2. The molecule has 2 aromatic heterocycles. The lowest BCUT2D eigenvalue weighted by Gasteiger charge is -2.16. The van der Waals surface area contributed by atoms with Crippen LogP contribution in [0.2, 0.25) is 0 Å². The van der Waals surface area contributed by atoms with Crippen LogP contribution in [0.5, 0.6) is 0 Å². The van der Waals surface area contributed by atoms with Crippen molar-refractivity contribution in [3.05, 3.63) is 65.0 Å². The molecule has 1 aliphatic rings. The maximum absolute atomic E-state index is 13.0. The number of nitrogens with one attached hydrogen (secondary N) is 2. The Hall–Kier alpha value is -3.77. The van der Waals surface area contributed by atoms with Crippen LogP contribution in [0, 0.1) is 18.3 Å². The molecule has 3 heterocycles. The minimum absolute atomic E-state index is 0.0206. The predicted molar refractivity (Wildman–Crippen MR) is 119 cm³/mol. The van der Waals surface area contributed by atoms with Gasteiger partial charge >= 0.3 is 0 Å². The Kier molecular flexibility index (Phi) is 5.91. The second-order valence-electron chi connectivity index (χ2n) is 7.17. The first kappa shape index (κ1) is 20.5. The standard InChI is InChI=1S/C22H20N6O2S/c1-14-19(21(31-27-14)26-18-11-15(13-23)7-8-24-18)20(29)25-17-6-4-5-16(12-17)22(30)28-9-2-3-10-28/h4-8,11-12H,2-3,9-10H2,1H3,(H,24,26)(H,25,29). The highest BCUT2D eigenvalue weighted by molar-refractivity contribution is 7.10. The highest BCUT2D eigenvalue weighted by atomic mass is 32.1. The molecule has 0 atom stereocenters. The summed E-state index contributed by atoms with van der Waals surface area (Å²) in [7, 11) is 0. The molecule has 9 heteroatoms. The van der Waals surface area contributed by atoms with Crippen molar-refractivity contribution in [2.45, 2.75) is 19.8 Å². The van der Waals surface area contributed by atoms with Crippen molar-refractivity contribution in [2.75, 3.05) is 23.7 Å². The largest absolute Gasteiger partial charge is 0.339 e. The van der Waals surface area contributed by atoms with E-state index >= 15 is 0 Å². The number of nitrogens with zero attached hydrogens (tertiary/aromatic N) is 4. The molecular weight excluding hydrogens is 412 g/mol. The number of carbonyl (C=O) groups is 2. The van der Waals surface area contributed by atoms with E-state index in [9.17, 15) is 9.59 Å². The van der Waals surface area contributed by atoms with Crippen LogP contribution in [-0.4, -0.2) is 39.2 Å². The summed E-state index contributed by atoms with van der Waals surface area (Å²) in [5, 5.41) is 15.5.